The Labute approximate surface area is 120 Å². The van der Waals surface area contributed by atoms with Gasteiger partial charge in [-0.05, 0) is 24.1 Å². The van der Waals surface area contributed by atoms with E-state index in [4.69, 9.17) is 4.74 Å². The molecule has 0 radical (unpaired) electrons. The van der Waals surface area contributed by atoms with Crippen LogP contribution in [-0.4, -0.2) is 43.3 Å². The zero-order valence-corrected chi connectivity index (χ0v) is 12.4. The molecule has 5 heteroatoms. The van der Waals surface area contributed by atoms with Gasteiger partial charge in [-0.2, -0.15) is 0 Å². The van der Waals surface area contributed by atoms with E-state index >= 15 is 0 Å². The number of unbranched alkanes of at least 4 members (excludes halogenated alkanes) is 1. The van der Waals surface area contributed by atoms with E-state index in [1.807, 2.05) is 24.3 Å². The maximum absolute atomic E-state index is 12.0. The molecular formula is C15H24N2O3. The van der Waals surface area contributed by atoms with Crippen molar-refractivity contribution in [2.75, 3.05) is 27.3 Å². The molecule has 0 heterocycles. The fourth-order valence-electron chi connectivity index (χ4n) is 1.92. The molecule has 20 heavy (non-hydrogen) atoms. The Morgan fingerprint density at radius 3 is 2.55 bits per heavy atom. The molecule has 0 aliphatic carbocycles. The second-order valence-corrected chi connectivity index (χ2v) is 4.67. The van der Waals surface area contributed by atoms with E-state index < -0.39 is 0 Å². The highest BCUT2D eigenvalue weighted by atomic mass is 16.5. The number of carbonyl (C=O) groups is 1. The Balaban J connectivity index is 2.70. The Morgan fingerprint density at radius 1 is 1.40 bits per heavy atom. The first-order chi connectivity index (χ1) is 9.63. The minimum absolute atomic E-state index is 0.121. The van der Waals surface area contributed by atoms with Crippen LogP contribution in [0.15, 0.2) is 24.3 Å². The van der Waals surface area contributed by atoms with Crippen LogP contribution >= 0.6 is 0 Å². The zero-order chi connectivity index (χ0) is 15.0. The number of nitrogens with zero attached hydrogens (tertiary/aromatic N) is 1. The van der Waals surface area contributed by atoms with Gasteiger partial charge in [-0.1, -0.05) is 25.5 Å². The van der Waals surface area contributed by atoms with Gasteiger partial charge >= 0.3 is 6.03 Å². The van der Waals surface area contributed by atoms with Gasteiger partial charge in [0.2, 0.25) is 0 Å². The van der Waals surface area contributed by atoms with Crippen molar-refractivity contribution in [2.24, 2.45) is 0 Å². The summed E-state index contributed by atoms with van der Waals surface area (Å²) >= 11 is 0. The number of urea groups is 1. The van der Waals surface area contributed by atoms with Crippen molar-refractivity contribution in [3.63, 3.8) is 0 Å². The SMILES string of the molecule is CCCCNC(=O)N(C)C(CO)c1ccc(OC)cc1. The molecule has 1 atom stereocenters. The largest absolute Gasteiger partial charge is 0.497 e. The molecule has 0 aromatic heterocycles. The lowest BCUT2D eigenvalue weighted by molar-refractivity contribution is 0.150. The number of aliphatic hydroxyl groups is 1. The number of hydrogen-bond acceptors (Lipinski definition) is 3. The average Bonchev–Trinajstić information content (AvgIpc) is 2.48. The zero-order valence-electron chi connectivity index (χ0n) is 12.4. The van der Waals surface area contributed by atoms with Gasteiger partial charge in [0.1, 0.15) is 5.75 Å². The normalized spacial score (nSPS) is 11.8. The average molecular weight is 280 g/mol. The Kier molecular flexibility index (Phi) is 6.87. The Hall–Kier alpha value is -1.75. The third-order valence-corrected chi connectivity index (χ3v) is 3.27. The minimum Gasteiger partial charge on any atom is -0.497 e. The summed E-state index contributed by atoms with van der Waals surface area (Å²) in [6.07, 6.45) is 1.98. The first-order valence-electron chi connectivity index (χ1n) is 6.89. The van der Waals surface area contributed by atoms with Crippen molar-refractivity contribution < 1.29 is 14.6 Å². The molecule has 0 spiro atoms. The quantitative estimate of drug-likeness (QED) is 0.752. The fourth-order valence-corrected chi connectivity index (χ4v) is 1.92. The maximum Gasteiger partial charge on any atom is 0.317 e. The molecule has 2 amide bonds. The molecule has 1 unspecified atom stereocenters. The number of rotatable bonds is 7. The van der Waals surface area contributed by atoms with Crippen molar-refractivity contribution in [3.05, 3.63) is 29.8 Å². The molecule has 1 rings (SSSR count). The highest BCUT2D eigenvalue weighted by Gasteiger charge is 2.20. The first kappa shape index (κ1) is 16.3. The van der Waals surface area contributed by atoms with E-state index in [1.165, 1.54) is 4.90 Å². The molecule has 112 valence electrons. The van der Waals surface area contributed by atoms with Gasteiger partial charge in [0.25, 0.3) is 0 Å². The number of hydrogen-bond donors (Lipinski definition) is 2. The molecule has 0 saturated heterocycles. The number of nitrogens with one attached hydrogen (secondary N) is 1. The van der Waals surface area contributed by atoms with E-state index in [1.54, 1.807) is 14.2 Å². The lowest BCUT2D eigenvalue weighted by Crippen LogP contribution is -2.41. The molecule has 0 bridgehead atoms. The number of carbonyl (C=O) groups excluding carboxylic acids is 1. The predicted octanol–water partition coefficient (Wildman–Crippen LogP) is 2.17. The second kappa shape index (κ2) is 8.43. The van der Waals surface area contributed by atoms with Crippen molar-refractivity contribution in [1.82, 2.24) is 10.2 Å². The Morgan fingerprint density at radius 2 is 2.05 bits per heavy atom. The summed E-state index contributed by atoms with van der Waals surface area (Å²) in [7, 11) is 3.29. The predicted molar refractivity (Wildman–Crippen MR) is 78.9 cm³/mol. The number of aliphatic hydroxyl groups excluding tert-OH is 1. The van der Waals surface area contributed by atoms with Crippen molar-refractivity contribution in [2.45, 2.75) is 25.8 Å². The smallest absolute Gasteiger partial charge is 0.317 e. The Bertz CT molecular complexity index is 406. The summed E-state index contributed by atoms with van der Waals surface area (Å²) < 4.78 is 5.10. The van der Waals surface area contributed by atoms with E-state index in [2.05, 4.69) is 12.2 Å². The standard InChI is InChI=1S/C15H24N2O3/c1-4-5-10-16-15(19)17(2)14(11-18)12-6-8-13(20-3)9-7-12/h6-9,14,18H,4-5,10-11H2,1-3H3,(H,16,19). The summed E-state index contributed by atoms with van der Waals surface area (Å²) in [6, 6.07) is 6.82. The van der Waals surface area contributed by atoms with Crippen molar-refractivity contribution >= 4 is 6.03 Å². The van der Waals surface area contributed by atoms with Crippen LogP contribution in [0.5, 0.6) is 5.75 Å². The van der Waals surface area contributed by atoms with Crippen LogP contribution < -0.4 is 10.1 Å². The van der Waals surface area contributed by atoms with Gasteiger partial charge in [-0.3, -0.25) is 0 Å². The number of methoxy groups -OCH3 is 1. The number of benzene rings is 1. The van der Waals surface area contributed by atoms with Crippen LogP contribution in [0, 0.1) is 0 Å². The van der Waals surface area contributed by atoms with Crippen LogP contribution in [0.3, 0.4) is 0 Å². The van der Waals surface area contributed by atoms with Gasteiger partial charge in [-0.25, -0.2) is 4.79 Å². The molecule has 1 aromatic carbocycles. The van der Waals surface area contributed by atoms with Crippen LogP contribution in [0.1, 0.15) is 31.4 Å². The minimum atomic E-state index is -0.359. The van der Waals surface area contributed by atoms with Gasteiger partial charge < -0.3 is 20.1 Å². The van der Waals surface area contributed by atoms with E-state index in [-0.39, 0.29) is 18.7 Å². The monoisotopic (exact) mass is 280 g/mol. The van der Waals surface area contributed by atoms with Crippen LogP contribution in [0.25, 0.3) is 0 Å². The fraction of sp³-hybridized carbons (Fsp3) is 0.533. The topological polar surface area (TPSA) is 61.8 Å². The third-order valence-electron chi connectivity index (χ3n) is 3.27. The van der Waals surface area contributed by atoms with E-state index in [0.29, 0.717) is 6.54 Å². The van der Waals surface area contributed by atoms with Gasteiger partial charge in [0.15, 0.2) is 0 Å². The summed E-state index contributed by atoms with van der Waals surface area (Å²) in [5, 5.41) is 12.4. The summed E-state index contributed by atoms with van der Waals surface area (Å²) in [6.45, 7) is 2.61. The molecule has 0 fully saturated rings. The van der Waals surface area contributed by atoms with Crippen LogP contribution in [-0.2, 0) is 0 Å². The highest BCUT2D eigenvalue weighted by Crippen LogP contribution is 2.21. The first-order valence-corrected chi connectivity index (χ1v) is 6.89. The van der Waals surface area contributed by atoms with Crippen molar-refractivity contribution in [3.8, 4) is 5.75 Å². The van der Waals surface area contributed by atoms with E-state index in [9.17, 15) is 9.90 Å². The van der Waals surface area contributed by atoms with Gasteiger partial charge in [-0.15, -0.1) is 0 Å². The lowest BCUT2D eigenvalue weighted by Gasteiger charge is -2.27. The molecular weight excluding hydrogens is 256 g/mol. The lowest BCUT2D eigenvalue weighted by atomic mass is 10.1. The van der Waals surface area contributed by atoms with Gasteiger partial charge in [0, 0.05) is 13.6 Å². The molecule has 0 aliphatic heterocycles. The summed E-state index contributed by atoms with van der Waals surface area (Å²) in [5.41, 5.74) is 0.876. The molecule has 2 N–H and O–H groups in total. The van der Waals surface area contributed by atoms with Gasteiger partial charge in [0.05, 0.1) is 19.8 Å². The van der Waals surface area contributed by atoms with Crippen LogP contribution in [0.4, 0.5) is 4.79 Å². The highest BCUT2D eigenvalue weighted by molar-refractivity contribution is 5.74. The maximum atomic E-state index is 12.0. The van der Waals surface area contributed by atoms with Crippen LogP contribution in [0.2, 0.25) is 0 Å². The second-order valence-electron chi connectivity index (χ2n) is 4.67. The van der Waals surface area contributed by atoms with Crippen molar-refractivity contribution in [1.29, 1.82) is 0 Å². The van der Waals surface area contributed by atoms with E-state index in [0.717, 1.165) is 24.2 Å². The molecule has 1 aromatic rings. The molecule has 5 nitrogen and oxygen atoms in total. The number of ether oxygens (including phenoxy) is 1. The number of amides is 2. The third kappa shape index (κ3) is 4.42. The molecule has 0 aliphatic rings. The number of likely N-dealkylation sites (N-methyl/N-ethyl adjacent to an activating group) is 1. The summed E-state index contributed by atoms with van der Waals surface area (Å²) in [5.74, 6) is 0.750. The molecule has 0 saturated carbocycles. The summed E-state index contributed by atoms with van der Waals surface area (Å²) in [4.78, 5) is 13.5.